The van der Waals surface area contributed by atoms with Gasteiger partial charge >= 0.3 is 0 Å². The normalized spacial score (nSPS) is 10.5. The smallest absolute Gasteiger partial charge is 0.225 e. The van der Waals surface area contributed by atoms with Gasteiger partial charge in [-0.1, -0.05) is 0 Å². The molecule has 0 saturated heterocycles. The minimum atomic E-state index is 0.606. The van der Waals surface area contributed by atoms with Crippen LogP contribution in [0.15, 0.2) is 54.9 Å². The van der Waals surface area contributed by atoms with E-state index < -0.39 is 0 Å². The number of hydrogen-bond donors (Lipinski definition) is 2. The first-order valence-corrected chi connectivity index (χ1v) is 9.28. The Morgan fingerprint density at radius 2 is 1.63 bits per heavy atom. The zero-order valence-corrected chi connectivity index (χ0v) is 16.1. The third-order valence-corrected chi connectivity index (χ3v) is 4.32. The number of nitrogens with one attached hydrogen (secondary N) is 2. The Balaban J connectivity index is 1.68. The van der Waals surface area contributed by atoms with E-state index in [0.29, 0.717) is 12.5 Å². The maximum atomic E-state index is 4.57. The van der Waals surface area contributed by atoms with E-state index in [2.05, 4.69) is 68.6 Å². The molecule has 0 aliphatic carbocycles. The van der Waals surface area contributed by atoms with Crippen LogP contribution < -0.4 is 15.5 Å². The number of hydrogen-bond acceptors (Lipinski definition) is 6. The summed E-state index contributed by atoms with van der Waals surface area (Å²) in [7, 11) is 0. The fourth-order valence-electron chi connectivity index (χ4n) is 2.89. The standard InChI is InChI=1S/C21H26N6/c1-4-27(5-2)19-8-6-18(7-9-19)25-20-14-16(3)24-21(26-20)23-15-17-10-12-22-13-11-17/h6-14H,4-5,15H2,1-3H3,(H2,23,24,25,26). The first kappa shape index (κ1) is 18.6. The molecule has 3 aromatic rings. The molecule has 3 rings (SSSR count). The van der Waals surface area contributed by atoms with E-state index in [1.165, 1.54) is 5.69 Å². The van der Waals surface area contributed by atoms with Gasteiger partial charge in [-0.2, -0.15) is 4.98 Å². The van der Waals surface area contributed by atoms with Crippen LogP contribution in [0.25, 0.3) is 0 Å². The molecule has 6 heteroatoms. The predicted molar refractivity (Wildman–Crippen MR) is 112 cm³/mol. The van der Waals surface area contributed by atoms with Crippen molar-refractivity contribution in [2.24, 2.45) is 0 Å². The van der Waals surface area contributed by atoms with Crippen LogP contribution in [0, 0.1) is 6.92 Å². The van der Waals surface area contributed by atoms with Gasteiger partial charge in [0, 0.05) is 55.2 Å². The second kappa shape index (κ2) is 8.98. The summed E-state index contributed by atoms with van der Waals surface area (Å²) >= 11 is 0. The molecule has 0 saturated carbocycles. The Kier molecular flexibility index (Phi) is 6.20. The molecule has 0 fully saturated rings. The third-order valence-electron chi connectivity index (χ3n) is 4.32. The Hall–Kier alpha value is -3.15. The molecule has 140 valence electrons. The lowest BCUT2D eigenvalue weighted by atomic mass is 10.2. The predicted octanol–water partition coefficient (Wildman–Crippen LogP) is 4.38. The number of aromatic nitrogens is 3. The molecule has 2 aromatic heterocycles. The molecule has 0 spiro atoms. The summed E-state index contributed by atoms with van der Waals surface area (Å²) < 4.78 is 0. The van der Waals surface area contributed by atoms with Gasteiger partial charge in [-0.3, -0.25) is 4.98 Å². The summed E-state index contributed by atoms with van der Waals surface area (Å²) in [6.45, 7) is 8.96. The Morgan fingerprint density at radius 1 is 0.926 bits per heavy atom. The Labute approximate surface area is 160 Å². The molecule has 6 nitrogen and oxygen atoms in total. The van der Waals surface area contributed by atoms with Gasteiger partial charge in [0.15, 0.2) is 0 Å². The largest absolute Gasteiger partial charge is 0.372 e. The average Bonchev–Trinajstić information content (AvgIpc) is 2.69. The summed E-state index contributed by atoms with van der Waals surface area (Å²) in [4.78, 5) is 15.4. The number of nitrogens with zero attached hydrogens (tertiary/aromatic N) is 4. The van der Waals surface area contributed by atoms with E-state index >= 15 is 0 Å². The molecule has 1 aromatic carbocycles. The van der Waals surface area contributed by atoms with Crippen molar-refractivity contribution in [1.29, 1.82) is 0 Å². The molecule has 0 bridgehead atoms. The number of benzene rings is 1. The van der Waals surface area contributed by atoms with Gasteiger partial charge in [-0.05, 0) is 62.7 Å². The molecule has 0 aliphatic rings. The molecule has 2 N–H and O–H groups in total. The van der Waals surface area contributed by atoms with Crippen molar-refractivity contribution in [3.63, 3.8) is 0 Å². The van der Waals surface area contributed by atoms with Crippen LogP contribution in [0.2, 0.25) is 0 Å². The van der Waals surface area contributed by atoms with E-state index in [-0.39, 0.29) is 0 Å². The Morgan fingerprint density at radius 3 is 2.30 bits per heavy atom. The zero-order valence-electron chi connectivity index (χ0n) is 16.1. The van der Waals surface area contributed by atoms with E-state index in [0.717, 1.165) is 35.9 Å². The van der Waals surface area contributed by atoms with Gasteiger partial charge in [0.25, 0.3) is 0 Å². The van der Waals surface area contributed by atoms with E-state index in [9.17, 15) is 0 Å². The van der Waals surface area contributed by atoms with Gasteiger partial charge < -0.3 is 15.5 Å². The summed E-state index contributed by atoms with van der Waals surface area (Å²) in [5.41, 5.74) is 4.27. The van der Waals surface area contributed by atoms with Crippen LogP contribution in [-0.4, -0.2) is 28.0 Å². The van der Waals surface area contributed by atoms with E-state index in [4.69, 9.17) is 0 Å². The lowest BCUT2D eigenvalue weighted by molar-refractivity contribution is 0.866. The van der Waals surface area contributed by atoms with Crippen LogP contribution in [0.4, 0.5) is 23.1 Å². The highest BCUT2D eigenvalue weighted by molar-refractivity contribution is 5.61. The van der Waals surface area contributed by atoms with Crippen LogP contribution in [0.5, 0.6) is 0 Å². The van der Waals surface area contributed by atoms with E-state index in [1.54, 1.807) is 12.4 Å². The molecule has 0 unspecified atom stereocenters. The minimum Gasteiger partial charge on any atom is -0.372 e. The molecular weight excluding hydrogens is 336 g/mol. The number of pyridine rings is 1. The third kappa shape index (κ3) is 5.17. The highest BCUT2D eigenvalue weighted by Gasteiger charge is 2.05. The highest BCUT2D eigenvalue weighted by atomic mass is 15.1. The first-order chi connectivity index (χ1) is 13.2. The van der Waals surface area contributed by atoms with Crippen molar-refractivity contribution >= 4 is 23.1 Å². The van der Waals surface area contributed by atoms with Crippen molar-refractivity contribution in [2.75, 3.05) is 28.6 Å². The first-order valence-electron chi connectivity index (χ1n) is 9.28. The van der Waals surface area contributed by atoms with Crippen molar-refractivity contribution < 1.29 is 0 Å². The molecule has 0 atom stereocenters. The highest BCUT2D eigenvalue weighted by Crippen LogP contribution is 2.21. The second-order valence-electron chi connectivity index (χ2n) is 6.27. The van der Waals surface area contributed by atoms with Gasteiger partial charge in [-0.25, -0.2) is 4.98 Å². The number of anilines is 4. The minimum absolute atomic E-state index is 0.606. The SMILES string of the molecule is CCN(CC)c1ccc(Nc2cc(C)nc(NCc3ccncc3)n2)cc1. The van der Waals surface area contributed by atoms with Crippen molar-refractivity contribution in [3.8, 4) is 0 Å². The average molecular weight is 362 g/mol. The fourth-order valence-corrected chi connectivity index (χ4v) is 2.89. The summed E-state index contributed by atoms with van der Waals surface area (Å²) in [5.74, 6) is 1.38. The Bertz CT molecular complexity index is 844. The lowest BCUT2D eigenvalue weighted by Gasteiger charge is -2.21. The molecule has 2 heterocycles. The monoisotopic (exact) mass is 362 g/mol. The van der Waals surface area contributed by atoms with Gasteiger partial charge in [0.2, 0.25) is 5.95 Å². The van der Waals surface area contributed by atoms with Crippen LogP contribution in [0.3, 0.4) is 0 Å². The lowest BCUT2D eigenvalue weighted by Crippen LogP contribution is -2.21. The van der Waals surface area contributed by atoms with Gasteiger partial charge in [0.1, 0.15) is 5.82 Å². The summed E-state index contributed by atoms with van der Waals surface area (Å²) in [5, 5.41) is 6.64. The quantitative estimate of drug-likeness (QED) is 0.620. The molecule has 0 aliphatic heterocycles. The topological polar surface area (TPSA) is 66.0 Å². The molecule has 27 heavy (non-hydrogen) atoms. The molecular formula is C21H26N6. The molecule has 0 amide bonds. The van der Waals surface area contributed by atoms with Crippen LogP contribution in [0.1, 0.15) is 25.1 Å². The summed E-state index contributed by atoms with van der Waals surface area (Å²) in [6, 6.07) is 14.3. The van der Waals surface area contributed by atoms with Gasteiger partial charge in [-0.15, -0.1) is 0 Å². The maximum Gasteiger partial charge on any atom is 0.225 e. The van der Waals surface area contributed by atoms with Crippen molar-refractivity contribution in [3.05, 3.63) is 66.1 Å². The number of aryl methyl sites for hydroxylation is 1. The van der Waals surface area contributed by atoms with Crippen molar-refractivity contribution in [1.82, 2.24) is 15.0 Å². The van der Waals surface area contributed by atoms with Crippen LogP contribution >= 0.6 is 0 Å². The zero-order chi connectivity index (χ0) is 19.1. The fraction of sp³-hybridized carbons (Fsp3) is 0.286. The maximum absolute atomic E-state index is 4.57. The second-order valence-corrected chi connectivity index (χ2v) is 6.27. The molecule has 0 radical (unpaired) electrons. The van der Waals surface area contributed by atoms with Gasteiger partial charge in [0.05, 0.1) is 0 Å². The number of rotatable bonds is 8. The van der Waals surface area contributed by atoms with Crippen molar-refractivity contribution in [2.45, 2.75) is 27.3 Å². The summed E-state index contributed by atoms with van der Waals surface area (Å²) in [6.07, 6.45) is 3.56. The van der Waals surface area contributed by atoms with E-state index in [1.807, 2.05) is 25.1 Å². The van der Waals surface area contributed by atoms with Crippen LogP contribution in [-0.2, 0) is 6.54 Å².